The van der Waals surface area contributed by atoms with Crippen molar-refractivity contribution in [1.82, 2.24) is 4.72 Å². The van der Waals surface area contributed by atoms with E-state index in [1.54, 1.807) is 18.2 Å². The number of rotatable bonds is 5. The Morgan fingerprint density at radius 2 is 1.95 bits per heavy atom. The van der Waals surface area contributed by atoms with Crippen molar-refractivity contribution in [1.29, 1.82) is 0 Å². The van der Waals surface area contributed by atoms with Crippen LogP contribution in [0.4, 0.5) is 5.69 Å². The number of halogens is 2. The minimum absolute atomic E-state index is 0.133. The van der Waals surface area contributed by atoms with E-state index in [2.05, 4.69) is 20.7 Å². The van der Waals surface area contributed by atoms with Crippen LogP contribution in [0, 0.1) is 0 Å². The van der Waals surface area contributed by atoms with Crippen molar-refractivity contribution in [3.05, 3.63) is 57.5 Å². The number of nitrogens with two attached hydrogens (primary N) is 1. The molecule has 2 aromatic carbocycles. The second kappa shape index (κ2) is 6.79. The summed E-state index contributed by atoms with van der Waals surface area (Å²) >= 11 is 9.11. The minimum atomic E-state index is -3.60. The maximum absolute atomic E-state index is 12.2. The van der Waals surface area contributed by atoms with Crippen molar-refractivity contribution < 1.29 is 8.42 Å². The van der Waals surface area contributed by atoms with E-state index in [9.17, 15) is 8.42 Å². The predicted molar refractivity (Wildman–Crippen MR) is 88.9 cm³/mol. The van der Waals surface area contributed by atoms with Gasteiger partial charge in [-0.2, -0.15) is 0 Å². The maximum atomic E-state index is 12.2. The summed E-state index contributed by atoms with van der Waals surface area (Å²) in [6, 6.07) is 12.0. The van der Waals surface area contributed by atoms with Crippen LogP contribution < -0.4 is 10.5 Å². The number of hydrogen-bond acceptors (Lipinski definition) is 3. The third-order valence-corrected chi connectivity index (χ3v) is 5.53. The van der Waals surface area contributed by atoms with E-state index in [4.69, 9.17) is 17.3 Å². The van der Waals surface area contributed by atoms with E-state index in [0.717, 1.165) is 5.56 Å². The van der Waals surface area contributed by atoms with Crippen molar-refractivity contribution in [3.63, 3.8) is 0 Å². The number of nitrogen functional groups attached to an aromatic ring is 1. The van der Waals surface area contributed by atoms with Gasteiger partial charge in [0.15, 0.2) is 0 Å². The highest BCUT2D eigenvalue weighted by atomic mass is 79.9. The molecule has 7 heteroatoms. The average Bonchev–Trinajstić information content (AvgIpc) is 2.41. The van der Waals surface area contributed by atoms with Gasteiger partial charge in [0.2, 0.25) is 10.0 Å². The first-order valence-electron chi connectivity index (χ1n) is 6.17. The Balaban J connectivity index is 2.06. The van der Waals surface area contributed by atoms with Crippen molar-refractivity contribution >= 4 is 43.2 Å². The lowest BCUT2D eigenvalue weighted by Gasteiger charge is -2.09. The van der Waals surface area contributed by atoms with Crippen molar-refractivity contribution in [3.8, 4) is 0 Å². The van der Waals surface area contributed by atoms with Gasteiger partial charge in [-0.15, -0.1) is 0 Å². The van der Waals surface area contributed by atoms with Crippen LogP contribution in [-0.4, -0.2) is 15.0 Å². The maximum Gasteiger partial charge on any atom is 0.241 e. The Hall–Kier alpha value is -1.08. The highest BCUT2D eigenvalue weighted by molar-refractivity contribution is 9.10. The second-order valence-corrected chi connectivity index (χ2v) is 7.49. The fourth-order valence-electron chi connectivity index (χ4n) is 1.83. The number of hydrogen-bond donors (Lipinski definition) is 2. The summed E-state index contributed by atoms with van der Waals surface area (Å²) in [6.07, 6.45) is 0.555. The number of anilines is 1. The van der Waals surface area contributed by atoms with E-state index in [1.165, 1.54) is 6.07 Å². The van der Waals surface area contributed by atoms with Crippen LogP contribution in [-0.2, 0) is 16.4 Å². The van der Waals surface area contributed by atoms with Gasteiger partial charge < -0.3 is 5.73 Å². The molecule has 0 unspecified atom stereocenters. The zero-order chi connectivity index (χ0) is 15.5. The van der Waals surface area contributed by atoms with E-state index in [1.807, 2.05) is 18.2 Å². The molecule has 0 aromatic heterocycles. The lowest BCUT2D eigenvalue weighted by Crippen LogP contribution is -2.26. The standard InChI is InChI=1S/C14H14BrClN2O2S/c15-13-5-4-12(17)9-14(13)21(19,20)18-7-6-10-2-1-3-11(16)8-10/h1-5,8-9,18H,6-7,17H2. The highest BCUT2D eigenvalue weighted by Gasteiger charge is 2.17. The lowest BCUT2D eigenvalue weighted by molar-refractivity contribution is 0.581. The molecule has 2 rings (SSSR count). The first-order chi connectivity index (χ1) is 9.88. The van der Waals surface area contributed by atoms with Gasteiger partial charge in [0, 0.05) is 21.7 Å². The molecule has 0 spiro atoms. The Kier molecular flexibility index (Phi) is 5.27. The molecule has 21 heavy (non-hydrogen) atoms. The molecule has 0 aliphatic rings. The first kappa shape index (κ1) is 16.3. The molecule has 4 nitrogen and oxygen atoms in total. The van der Waals surface area contributed by atoms with Crippen molar-refractivity contribution in [2.45, 2.75) is 11.3 Å². The largest absolute Gasteiger partial charge is 0.399 e. The summed E-state index contributed by atoms with van der Waals surface area (Å²) in [5, 5.41) is 0.633. The number of benzene rings is 2. The topological polar surface area (TPSA) is 72.2 Å². The van der Waals surface area contributed by atoms with E-state index in [-0.39, 0.29) is 11.4 Å². The van der Waals surface area contributed by atoms with Gasteiger partial charge in [-0.05, 0) is 58.2 Å². The van der Waals surface area contributed by atoms with Crippen LogP contribution in [0.25, 0.3) is 0 Å². The first-order valence-corrected chi connectivity index (χ1v) is 8.83. The summed E-state index contributed by atoms with van der Waals surface area (Å²) < 4.78 is 27.5. The minimum Gasteiger partial charge on any atom is -0.399 e. The SMILES string of the molecule is Nc1ccc(Br)c(S(=O)(=O)NCCc2cccc(Cl)c2)c1. The van der Waals surface area contributed by atoms with Crippen LogP contribution in [0.5, 0.6) is 0 Å². The Morgan fingerprint density at radius 3 is 2.67 bits per heavy atom. The van der Waals surface area contributed by atoms with Crippen LogP contribution in [0.2, 0.25) is 5.02 Å². The molecule has 112 valence electrons. The van der Waals surface area contributed by atoms with Crippen LogP contribution in [0.15, 0.2) is 51.8 Å². The summed E-state index contributed by atoms with van der Waals surface area (Å²) in [7, 11) is -3.60. The third kappa shape index (κ3) is 4.44. The van der Waals surface area contributed by atoms with Crippen molar-refractivity contribution in [2.24, 2.45) is 0 Å². The molecule has 0 aliphatic heterocycles. The van der Waals surface area contributed by atoms with Crippen LogP contribution in [0.1, 0.15) is 5.56 Å². The quantitative estimate of drug-likeness (QED) is 0.771. The molecule has 3 N–H and O–H groups in total. The summed E-state index contributed by atoms with van der Waals surface area (Å²) in [6.45, 7) is 0.282. The fraction of sp³-hybridized carbons (Fsp3) is 0.143. The molecular weight excluding hydrogens is 376 g/mol. The highest BCUT2D eigenvalue weighted by Crippen LogP contribution is 2.24. The second-order valence-electron chi connectivity index (χ2n) is 4.47. The van der Waals surface area contributed by atoms with Gasteiger partial charge in [-0.1, -0.05) is 23.7 Å². The van der Waals surface area contributed by atoms with Crippen molar-refractivity contribution in [2.75, 3.05) is 12.3 Å². The van der Waals surface area contributed by atoms with E-state index in [0.29, 0.717) is 21.6 Å². The van der Waals surface area contributed by atoms with Gasteiger partial charge in [-0.25, -0.2) is 13.1 Å². The van der Waals surface area contributed by atoms with Gasteiger partial charge in [0.05, 0.1) is 4.90 Å². The zero-order valence-corrected chi connectivity index (χ0v) is 14.2. The average molecular weight is 390 g/mol. The smallest absolute Gasteiger partial charge is 0.241 e. The van der Waals surface area contributed by atoms with E-state index >= 15 is 0 Å². The van der Waals surface area contributed by atoms with Gasteiger partial charge in [0.1, 0.15) is 0 Å². The molecule has 0 bridgehead atoms. The molecule has 0 saturated heterocycles. The molecular formula is C14H14BrClN2O2S. The molecule has 0 aliphatic carbocycles. The Bertz CT molecular complexity index is 750. The van der Waals surface area contributed by atoms with Crippen LogP contribution in [0.3, 0.4) is 0 Å². The third-order valence-electron chi connectivity index (χ3n) is 2.84. The van der Waals surface area contributed by atoms with Gasteiger partial charge in [0.25, 0.3) is 0 Å². The number of nitrogens with one attached hydrogen (secondary N) is 1. The molecule has 0 saturated carbocycles. The molecule has 0 amide bonds. The Labute approximate surface area is 137 Å². The monoisotopic (exact) mass is 388 g/mol. The zero-order valence-electron chi connectivity index (χ0n) is 11.0. The molecule has 0 fully saturated rings. The molecule has 2 aromatic rings. The lowest BCUT2D eigenvalue weighted by atomic mass is 10.2. The summed E-state index contributed by atoms with van der Waals surface area (Å²) in [5.74, 6) is 0. The summed E-state index contributed by atoms with van der Waals surface area (Å²) in [5.41, 5.74) is 7.00. The van der Waals surface area contributed by atoms with Gasteiger partial charge in [-0.3, -0.25) is 0 Å². The number of sulfonamides is 1. The van der Waals surface area contributed by atoms with Gasteiger partial charge >= 0.3 is 0 Å². The molecule has 0 heterocycles. The predicted octanol–water partition coefficient (Wildman–Crippen LogP) is 3.21. The molecule has 0 radical (unpaired) electrons. The van der Waals surface area contributed by atoms with Crippen LogP contribution >= 0.6 is 27.5 Å². The molecule has 0 atom stereocenters. The normalized spacial score (nSPS) is 11.5. The Morgan fingerprint density at radius 1 is 1.19 bits per heavy atom. The summed E-state index contributed by atoms with van der Waals surface area (Å²) in [4.78, 5) is 0.133. The van der Waals surface area contributed by atoms with E-state index < -0.39 is 10.0 Å². The fourth-order valence-corrected chi connectivity index (χ4v) is 4.07.